The van der Waals surface area contributed by atoms with E-state index in [4.69, 9.17) is 16.3 Å². The second-order valence-corrected chi connectivity index (χ2v) is 5.90. The van der Waals surface area contributed by atoms with Crippen molar-refractivity contribution in [2.75, 3.05) is 0 Å². The first kappa shape index (κ1) is 14.9. The molecule has 2 aromatic carbocycles. The molecule has 0 aliphatic rings. The van der Waals surface area contributed by atoms with Gasteiger partial charge >= 0.3 is 0 Å². The molecule has 0 aliphatic carbocycles. The predicted molar refractivity (Wildman–Crippen MR) is 85.8 cm³/mol. The van der Waals surface area contributed by atoms with E-state index >= 15 is 0 Å². The van der Waals surface area contributed by atoms with Crippen LogP contribution in [0.5, 0.6) is 5.75 Å². The van der Waals surface area contributed by atoms with Crippen LogP contribution in [0.3, 0.4) is 0 Å². The molecule has 0 radical (unpaired) electrons. The third-order valence-corrected chi connectivity index (χ3v) is 3.72. The minimum Gasteiger partial charge on any atom is -0.491 e. The molecule has 0 N–H and O–H groups in total. The molecule has 0 aromatic heterocycles. The van der Waals surface area contributed by atoms with Crippen molar-refractivity contribution < 1.29 is 4.74 Å². The molecule has 1 nitrogen and oxygen atoms in total. The Kier molecular flexibility index (Phi) is 4.72. The van der Waals surface area contributed by atoms with Crippen molar-refractivity contribution in [2.24, 2.45) is 0 Å². The summed E-state index contributed by atoms with van der Waals surface area (Å²) in [5.41, 5.74) is 4.67. The van der Waals surface area contributed by atoms with E-state index in [9.17, 15) is 0 Å². The van der Waals surface area contributed by atoms with Gasteiger partial charge in [0.15, 0.2) is 0 Å². The Hall–Kier alpha value is -1.47. The number of hydrogen-bond acceptors (Lipinski definition) is 1. The Bertz CT molecular complexity index is 590. The van der Waals surface area contributed by atoms with Gasteiger partial charge in [-0.25, -0.2) is 0 Å². The van der Waals surface area contributed by atoms with Crippen LogP contribution in [0.4, 0.5) is 0 Å². The van der Waals surface area contributed by atoms with Crippen LogP contribution in [0.1, 0.15) is 41.5 Å². The maximum atomic E-state index is 6.66. The third-order valence-electron chi connectivity index (χ3n) is 3.23. The monoisotopic (exact) mass is 288 g/mol. The van der Waals surface area contributed by atoms with Crippen LogP contribution in [0.25, 0.3) is 0 Å². The van der Waals surface area contributed by atoms with E-state index in [1.54, 1.807) is 0 Å². The van der Waals surface area contributed by atoms with Gasteiger partial charge in [0.1, 0.15) is 5.75 Å². The summed E-state index contributed by atoms with van der Waals surface area (Å²) in [5.74, 6) is 0.869. The normalized spacial score (nSPS) is 12.5. The number of ether oxygens (including phenoxy) is 1. The first-order chi connectivity index (χ1) is 9.47. The van der Waals surface area contributed by atoms with Crippen LogP contribution < -0.4 is 4.74 Å². The second-order valence-electron chi connectivity index (χ2n) is 5.46. The van der Waals surface area contributed by atoms with E-state index in [-0.39, 0.29) is 11.5 Å². The number of hydrogen-bond donors (Lipinski definition) is 0. The summed E-state index contributed by atoms with van der Waals surface area (Å²) < 4.78 is 5.74. The molecule has 0 spiro atoms. The van der Waals surface area contributed by atoms with Crippen molar-refractivity contribution in [1.29, 1.82) is 0 Å². The summed E-state index contributed by atoms with van der Waals surface area (Å²) >= 11 is 6.66. The smallest absolute Gasteiger partial charge is 0.120 e. The van der Waals surface area contributed by atoms with E-state index in [1.807, 2.05) is 38.1 Å². The van der Waals surface area contributed by atoms with E-state index < -0.39 is 0 Å². The second kappa shape index (κ2) is 6.32. The quantitative estimate of drug-likeness (QED) is 0.683. The predicted octanol–water partition coefficient (Wildman–Crippen LogP) is 5.42. The van der Waals surface area contributed by atoms with Gasteiger partial charge < -0.3 is 4.74 Å². The number of rotatable bonds is 4. The lowest BCUT2D eigenvalue weighted by Crippen LogP contribution is -2.06. The average Bonchev–Trinajstić information content (AvgIpc) is 2.40. The number of benzene rings is 2. The van der Waals surface area contributed by atoms with Crippen LogP contribution in [0.2, 0.25) is 0 Å². The average molecular weight is 289 g/mol. The number of alkyl halides is 1. The molecule has 2 rings (SSSR count). The van der Waals surface area contributed by atoms with Gasteiger partial charge in [-0.05, 0) is 56.5 Å². The number of aryl methyl sites for hydroxylation is 2. The number of halogens is 1. The van der Waals surface area contributed by atoms with Gasteiger partial charge in [0.25, 0.3) is 0 Å². The van der Waals surface area contributed by atoms with Gasteiger partial charge in [0, 0.05) is 0 Å². The summed E-state index contributed by atoms with van der Waals surface area (Å²) in [6.07, 6.45) is 0.166. The molecule has 1 atom stereocenters. The largest absolute Gasteiger partial charge is 0.491 e. The molecule has 0 aliphatic heterocycles. The van der Waals surface area contributed by atoms with Crippen molar-refractivity contribution in [3.05, 3.63) is 64.7 Å². The van der Waals surface area contributed by atoms with Crippen molar-refractivity contribution in [3.63, 3.8) is 0 Å². The molecule has 2 aromatic rings. The molecule has 0 bridgehead atoms. The zero-order valence-corrected chi connectivity index (χ0v) is 13.2. The summed E-state index contributed by atoms with van der Waals surface area (Å²) in [5, 5.41) is -0.148. The van der Waals surface area contributed by atoms with Gasteiger partial charge in [-0.15, -0.1) is 11.6 Å². The lowest BCUT2D eigenvalue weighted by Gasteiger charge is -2.16. The molecular weight excluding hydrogens is 268 g/mol. The minimum absolute atomic E-state index is 0.148. The Labute approximate surface area is 126 Å². The fourth-order valence-electron chi connectivity index (χ4n) is 2.23. The van der Waals surface area contributed by atoms with Gasteiger partial charge in [0.2, 0.25) is 0 Å². The molecule has 0 amide bonds. The van der Waals surface area contributed by atoms with Gasteiger partial charge in [-0.1, -0.05) is 35.9 Å². The highest BCUT2D eigenvalue weighted by atomic mass is 35.5. The van der Waals surface area contributed by atoms with Crippen LogP contribution in [-0.4, -0.2) is 6.10 Å². The Morgan fingerprint density at radius 3 is 2.45 bits per heavy atom. The molecule has 20 heavy (non-hydrogen) atoms. The highest BCUT2D eigenvalue weighted by Crippen LogP contribution is 2.33. The fourth-order valence-corrected chi connectivity index (χ4v) is 2.60. The third kappa shape index (κ3) is 3.55. The van der Waals surface area contributed by atoms with Crippen molar-refractivity contribution in [3.8, 4) is 5.75 Å². The van der Waals surface area contributed by atoms with Gasteiger partial charge in [0.05, 0.1) is 11.5 Å². The first-order valence-electron chi connectivity index (χ1n) is 6.95. The first-order valence-corrected chi connectivity index (χ1v) is 7.39. The van der Waals surface area contributed by atoms with Gasteiger partial charge in [-0.2, -0.15) is 0 Å². The lowest BCUT2D eigenvalue weighted by molar-refractivity contribution is 0.242. The van der Waals surface area contributed by atoms with E-state index in [2.05, 4.69) is 32.0 Å². The fraction of sp³-hybridized carbons (Fsp3) is 0.333. The van der Waals surface area contributed by atoms with Crippen LogP contribution >= 0.6 is 11.6 Å². The summed E-state index contributed by atoms with van der Waals surface area (Å²) in [4.78, 5) is 0. The lowest BCUT2D eigenvalue weighted by atomic mass is 9.98. The molecular formula is C18H21ClO. The van der Waals surface area contributed by atoms with Crippen molar-refractivity contribution in [2.45, 2.75) is 39.2 Å². The molecule has 2 heteroatoms. The standard InChI is InChI=1S/C18H21ClO/c1-12(2)20-16-7-5-6-15(11-16)18(19)17-10-13(3)8-9-14(17)4/h5-12,18H,1-4H3. The summed E-state index contributed by atoms with van der Waals surface area (Å²) in [6, 6.07) is 14.4. The summed E-state index contributed by atoms with van der Waals surface area (Å²) in [6.45, 7) is 8.23. The van der Waals surface area contributed by atoms with Crippen molar-refractivity contribution >= 4 is 11.6 Å². The highest BCUT2D eigenvalue weighted by molar-refractivity contribution is 6.22. The molecule has 0 saturated heterocycles. The van der Waals surface area contributed by atoms with E-state index in [1.165, 1.54) is 11.1 Å². The van der Waals surface area contributed by atoms with Gasteiger partial charge in [-0.3, -0.25) is 0 Å². The zero-order chi connectivity index (χ0) is 14.7. The van der Waals surface area contributed by atoms with Crippen LogP contribution in [0, 0.1) is 13.8 Å². The minimum atomic E-state index is -0.148. The Morgan fingerprint density at radius 1 is 1.00 bits per heavy atom. The molecule has 0 saturated carbocycles. The van der Waals surface area contributed by atoms with Crippen LogP contribution in [-0.2, 0) is 0 Å². The zero-order valence-electron chi connectivity index (χ0n) is 12.5. The maximum Gasteiger partial charge on any atom is 0.120 e. The molecule has 0 fully saturated rings. The molecule has 106 valence electrons. The van der Waals surface area contributed by atoms with Crippen LogP contribution in [0.15, 0.2) is 42.5 Å². The summed E-state index contributed by atoms with van der Waals surface area (Å²) in [7, 11) is 0. The Balaban J connectivity index is 2.33. The SMILES string of the molecule is Cc1ccc(C)c(C(Cl)c2cccc(OC(C)C)c2)c1. The maximum absolute atomic E-state index is 6.66. The molecule has 1 unspecified atom stereocenters. The van der Waals surface area contributed by atoms with E-state index in [0.717, 1.165) is 16.9 Å². The molecule has 0 heterocycles. The Morgan fingerprint density at radius 2 is 1.75 bits per heavy atom. The van der Waals surface area contributed by atoms with Crippen molar-refractivity contribution in [1.82, 2.24) is 0 Å². The van der Waals surface area contributed by atoms with E-state index in [0.29, 0.717) is 0 Å². The topological polar surface area (TPSA) is 9.23 Å². The highest BCUT2D eigenvalue weighted by Gasteiger charge is 2.14.